The fourth-order valence-electron chi connectivity index (χ4n) is 4.93. The van der Waals surface area contributed by atoms with Crippen LogP contribution in [0.15, 0.2) is 66.9 Å². The van der Waals surface area contributed by atoms with E-state index in [0.717, 1.165) is 65.0 Å². The highest BCUT2D eigenvalue weighted by atomic mass is 35.5. The Bertz CT molecular complexity index is 1430. The van der Waals surface area contributed by atoms with E-state index in [1.54, 1.807) is 12.3 Å². The third-order valence-electron chi connectivity index (χ3n) is 6.72. The molecule has 4 aromatic rings. The van der Waals surface area contributed by atoms with Gasteiger partial charge in [-0.3, -0.25) is 9.78 Å². The summed E-state index contributed by atoms with van der Waals surface area (Å²) in [7, 11) is 0. The average Bonchev–Trinajstić information content (AvgIpc) is 2.82. The smallest absolute Gasteiger partial charge is 0.255 e. The van der Waals surface area contributed by atoms with E-state index in [1.165, 1.54) is 0 Å². The lowest BCUT2D eigenvalue weighted by atomic mass is 9.97. The number of benzene rings is 3. The Morgan fingerprint density at radius 1 is 1.03 bits per heavy atom. The van der Waals surface area contributed by atoms with E-state index in [-0.39, 0.29) is 11.9 Å². The number of rotatable bonds is 4. The van der Waals surface area contributed by atoms with Gasteiger partial charge in [0.15, 0.2) is 0 Å². The van der Waals surface area contributed by atoms with Gasteiger partial charge in [0.25, 0.3) is 5.91 Å². The zero-order chi connectivity index (χ0) is 23.9. The van der Waals surface area contributed by atoms with Crippen molar-refractivity contribution in [3.05, 3.63) is 88.0 Å². The summed E-state index contributed by atoms with van der Waals surface area (Å²) in [5.41, 5.74) is 5.16. The molecule has 3 aromatic carbocycles. The molecule has 1 unspecified atom stereocenters. The second-order valence-electron chi connectivity index (χ2n) is 8.92. The average molecular weight is 504 g/mol. The Morgan fingerprint density at radius 2 is 1.83 bits per heavy atom. The Labute approximate surface area is 213 Å². The van der Waals surface area contributed by atoms with Crippen molar-refractivity contribution in [2.45, 2.75) is 18.9 Å². The standard InChI is InChI=1S/C28H23Cl2N3O2/c29-18-13-17(14-19(30)15-18)20-6-3-7-22-26(20)31-16-23(27(22)33-10-4-11-33)28(34)32-24-9-12-35-25-8-2-1-5-21(24)25/h1-3,5-8,13-16,24H,4,9-12H2,(H,32,34). The highest BCUT2D eigenvalue weighted by molar-refractivity contribution is 6.35. The largest absolute Gasteiger partial charge is 0.493 e. The van der Waals surface area contributed by atoms with E-state index < -0.39 is 0 Å². The van der Waals surface area contributed by atoms with Gasteiger partial charge in [-0.05, 0) is 36.2 Å². The Morgan fingerprint density at radius 3 is 2.60 bits per heavy atom. The molecule has 0 aliphatic carbocycles. The van der Waals surface area contributed by atoms with Crippen LogP contribution < -0.4 is 15.0 Å². The molecule has 2 aliphatic rings. The third-order valence-corrected chi connectivity index (χ3v) is 7.16. The SMILES string of the molecule is O=C(NC1CCOc2ccccc21)c1cnc2c(-c3cc(Cl)cc(Cl)c3)cccc2c1N1CCC1. The molecule has 35 heavy (non-hydrogen) atoms. The molecule has 1 saturated heterocycles. The zero-order valence-electron chi connectivity index (χ0n) is 18.9. The first-order valence-electron chi connectivity index (χ1n) is 11.7. The van der Waals surface area contributed by atoms with Crippen LogP contribution in [0.25, 0.3) is 22.0 Å². The molecule has 0 spiro atoms. The number of fused-ring (bicyclic) bond motifs is 2. The first-order chi connectivity index (χ1) is 17.1. The molecule has 1 aromatic heterocycles. The topological polar surface area (TPSA) is 54.5 Å². The molecular formula is C28H23Cl2N3O2. The monoisotopic (exact) mass is 503 g/mol. The predicted octanol–water partition coefficient (Wildman–Crippen LogP) is 6.67. The Balaban J connectivity index is 1.43. The molecule has 0 radical (unpaired) electrons. The van der Waals surface area contributed by atoms with Crippen LogP contribution in [-0.2, 0) is 0 Å². The number of pyridine rings is 1. The summed E-state index contributed by atoms with van der Waals surface area (Å²) in [5.74, 6) is 0.702. The highest BCUT2D eigenvalue weighted by Gasteiger charge is 2.28. The number of carbonyl (C=O) groups excluding carboxylic acids is 1. The number of carbonyl (C=O) groups is 1. The number of nitrogens with zero attached hydrogens (tertiary/aromatic N) is 2. The van der Waals surface area contributed by atoms with Crippen LogP contribution >= 0.6 is 23.2 Å². The van der Waals surface area contributed by atoms with Gasteiger partial charge in [0.2, 0.25) is 0 Å². The zero-order valence-corrected chi connectivity index (χ0v) is 20.4. The van der Waals surface area contributed by atoms with Gasteiger partial charge in [0.1, 0.15) is 5.75 Å². The van der Waals surface area contributed by atoms with Crippen molar-refractivity contribution in [3.63, 3.8) is 0 Å². The minimum atomic E-state index is -0.126. The molecule has 6 rings (SSSR count). The summed E-state index contributed by atoms with van der Waals surface area (Å²) >= 11 is 12.6. The summed E-state index contributed by atoms with van der Waals surface area (Å²) in [6, 6.07) is 19.3. The molecule has 0 saturated carbocycles. The fraction of sp³-hybridized carbons (Fsp3) is 0.214. The van der Waals surface area contributed by atoms with E-state index in [9.17, 15) is 4.79 Å². The molecule has 176 valence electrons. The van der Waals surface area contributed by atoms with Crippen molar-refractivity contribution in [1.82, 2.24) is 10.3 Å². The Hall–Kier alpha value is -3.28. The first-order valence-corrected chi connectivity index (χ1v) is 12.5. The molecule has 7 heteroatoms. The molecule has 3 heterocycles. The van der Waals surface area contributed by atoms with Gasteiger partial charge in [-0.1, -0.05) is 59.6 Å². The van der Waals surface area contributed by atoms with Crippen molar-refractivity contribution >= 4 is 45.7 Å². The van der Waals surface area contributed by atoms with Gasteiger partial charge >= 0.3 is 0 Å². The van der Waals surface area contributed by atoms with Crippen LogP contribution in [-0.4, -0.2) is 30.6 Å². The molecule has 1 atom stereocenters. The normalized spacial score (nSPS) is 16.9. The van der Waals surface area contributed by atoms with Crippen molar-refractivity contribution in [3.8, 4) is 16.9 Å². The molecule has 5 nitrogen and oxygen atoms in total. The van der Waals surface area contributed by atoms with E-state index in [1.807, 2.05) is 54.6 Å². The number of anilines is 1. The number of nitrogens with one attached hydrogen (secondary N) is 1. The second kappa shape index (κ2) is 9.06. The number of ether oxygens (including phenoxy) is 1. The number of amides is 1. The van der Waals surface area contributed by atoms with Crippen molar-refractivity contribution in [2.24, 2.45) is 0 Å². The van der Waals surface area contributed by atoms with Crippen molar-refractivity contribution in [2.75, 3.05) is 24.6 Å². The van der Waals surface area contributed by atoms with Crippen LogP contribution in [0.5, 0.6) is 5.75 Å². The van der Waals surface area contributed by atoms with Gasteiger partial charge in [0.05, 0.1) is 29.4 Å². The fourth-order valence-corrected chi connectivity index (χ4v) is 5.45. The lowest BCUT2D eigenvalue weighted by molar-refractivity contribution is 0.0925. The number of aromatic nitrogens is 1. The number of hydrogen-bond acceptors (Lipinski definition) is 4. The van der Waals surface area contributed by atoms with E-state index in [2.05, 4.69) is 10.2 Å². The summed E-state index contributed by atoms with van der Waals surface area (Å²) in [4.78, 5) is 20.7. The maximum Gasteiger partial charge on any atom is 0.255 e. The first kappa shape index (κ1) is 22.2. The van der Waals surface area contributed by atoms with E-state index >= 15 is 0 Å². The molecule has 0 bridgehead atoms. The van der Waals surface area contributed by atoms with Gasteiger partial charge in [0, 0.05) is 52.3 Å². The lowest BCUT2D eigenvalue weighted by Gasteiger charge is -2.36. The molecule has 1 amide bonds. The van der Waals surface area contributed by atoms with Gasteiger partial charge in [-0.15, -0.1) is 0 Å². The minimum absolute atomic E-state index is 0.104. The maximum absolute atomic E-state index is 13.6. The third kappa shape index (κ3) is 4.09. The van der Waals surface area contributed by atoms with Crippen LogP contribution in [0.3, 0.4) is 0 Å². The second-order valence-corrected chi connectivity index (χ2v) is 9.79. The predicted molar refractivity (Wildman–Crippen MR) is 141 cm³/mol. The van der Waals surface area contributed by atoms with E-state index in [0.29, 0.717) is 22.2 Å². The quantitative estimate of drug-likeness (QED) is 0.337. The summed E-state index contributed by atoms with van der Waals surface area (Å²) in [6.45, 7) is 2.39. The molecule has 1 fully saturated rings. The summed E-state index contributed by atoms with van der Waals surface area (Å²) in [6.07, 6.45) is 3.52. The Kier molecular flexibility index (Phi) is 5.75. The van der Waals surface area contributed by atoms with Crippen LogP contribution in [0.4, 0.5) is 5.69 Å². The van der Waals surface area contributed by atoms with Crippen molar-refractivity contribution in [1.29, 1.82) is 0 Å². The number of halogens is 2. The van der Waals surface area contributed by atoms with Crippen LogP contribution in [0, 0.1) is 0 Å². The van der Waals surface area contributed by atoms with Gasteiger partial charge in [-0.25, -0.2) is 0 Å². The number of para-hydroxylation sites is 2. The molecular weight excluding hydrogens is 481 g/mol. The molecule has 1 N–H and O–H groups in total. The highest BCUT2D eigenvalue weighted by Crippen LogP contribution is 2.39. The van der Waals surface area contributed by atoms with Crippen molar-refractivity contribution < 1.29 is 9.53 Å². The summed E-state index contributed by atoms with van der Waals surface area (Å²) < 4.78 is 5.77. The van der Waals surface area contributed by atoms with Gasteiger partial charge in [-0.2, -0.15) is 0 Å². The molecule has 2 aliphatic heterocycles. The van der Waals surface area contributed by atoms with E-state index in [4.69, 9.17) is 32.9 Å². The minimum Gasteiger partial charge on any atom is -0.493 e. The van der Waals surface area contributed by atoms with Crippen LogP contribution in [0.2, 0.25) is 10.0 Å². The maximum atomic E-state index is 13.6. The summed E-state index contributed by atoms with van der Waals surface area (Å²) in [5, 5.41) is 5.32. The van der Waals surface area contributed by atoms with Crippen LogP contribution in [0.1, 0.15) is 34.8 Å². The lowest BCUT2D eigenvalue weighted by Crippen LogP contribution is -2.40. The van der Waals surface area contributed by atoms with Gasteiger partial charge < -0.3 is 15.0 Å². The number of hydrogen-bond donors (Lipinski definition) is 1.